The van der Waals surface area contributed by atoms with E-state index in [0.29, 0.717) is 6.42 Å². The molecule has 3 N–H and O–H groups in total. The van der Waals surface area contributed by atoms with Crippen molar-refractivity contribution in [3.63, 3.8) is 0 Å². The lowest BCUT2D eigenvalue weighted by atomic mass is 10.1. The molecule has 2 amide bonds. The van der Waals surface area contributed by atoms with Crippen LogP contribution in [-0.2, 0) is 16.1 Å². The maximum atomic E-state index is 12.3. The van der Waals surface area contributed by atoms with E-state index in [0.717, 1.165) is 38.8 Å². The van der Waals surface area contributed by atoms with Crippen molar-refractivity contribution in [2.75, 3.05) is 18.4 Å². The number of nitrogens with two attached hydrogens (primary N) is 1. The second-order valence-corrected chi connectivity index (χ2v) is 6.82. The highest BCUT2D eigenvalue weighted by Crippen LogP contribution is 2.24. The van der Waals surface area contributed by atoms with Gasteiger partial charge in [-0.2, -0.15) is 0 Å². The first-order valence-corrected chi connectivity index (χ1v) is 8.85. The van der Waals surface area contributed by atoms with Crippen molar-refractivity contribution < 1.29 is 9.59 Å². The molecule has 0 aromatic carbocycles. The summed E-state index contributed by atoms with van der Waals surface area (Å²) in [6.07, 6.45) is 8.39. The van der Waals surface area contributed by atoms with Crippen LogP contribution in [0.3, 0.4) is 0 Å². The third kappa shape index (κ3) is 5.40. The Balaban J connectivity index is 0.00000225. The lowest BCUT2D eigenvalue weighted by Crippen LogP contribution is -2.34. The summed E-state index contributed by atoms with van der Waals surface area (Å²) < 4.78 is 1.49. The molecule has 0 bridgehead atoms. The van der Waals surface area contributed by atoms with Gasteiger partial charge < -0.3 is 10.6 Å². The van der Waals surface area contributed by atoms with Crippen molar-refractivity contribution >= 4 is 30.2 Å². The summed E-state index contributed by atoms with van der Waals surface area (Å²) >= 11 is 0. The third-order valence-corrected chi connectivity index (χ3v) is 4.87. The Bertz CT molecular complexity index is 585. The Morgan fingerprint density at radius 1 is 1.20 bits per heavy atom. The summed E-state index contributed by atoms with van der Waals surface area (Å²) in [4.78, 5) is 30.5. The minimum absolute atomic E-state index is 0. The van der Waals surface area contributed by atoms with E-state index in [-0.39, 0.29) is 48.7 Å². The highest BCUT2D eigenvalue weighted by molar-refractivity contribution is 5.91. The molecule has 140 valence electrons. The fraction of sp³-hybridized carbons (Fsp3) is 0.750. The number of halogens is 1. The highest BCUT2D eigenvalue weighted by atomic mass is 35.5. The van der Waals surface area contributed by atoms with E-state index in [1.165, 1.54) is 23.9 Å². The van der Waals surface area contributed by atoms with Crippen LogP contribution >= 0.6 is 12.4 Å². The number of nitrogens with one attached hydrogen (secondary N) is 1. The van der Waals surface area contributed by atoms with Gasteiger partial charge >= 0.3 is 0 Å². The minimum Gasteiger partial charge on any atom is -0.341 e. The van der Waals surface area contributed by atoms with Gasteiger partial charge in [0.1, 0.15) is 12.9 Å². The number of likely N-dealkylation sites (tertiary alicyclic amines) is 1. The summed E-state index contributed by atoms with van der Waals surface area (Å²) in [5.41, 5.74) is 5.84. The van der Waals surface area contributed by atoms with Crippen LogP contribution in [0.2, 0.25) is 0 Å². The molecule has 8 nitrogen and oxygen atoms in total. The average molecular weight is 371 g/mol. The Kier molecular flexibility index (Phi) is 7.19. The van der Waals surface area contributed by atoms with Crippen LogP contribution < -0.4 is 11.1 Å². The number of rotatable bonds is 4. The normalized spacial score (nSPS) is 23.6. The first kappa shape index (κ1) is 19.7. The van der Waals surface area contributed by atoms with Crippen LogP contribution in [0.25, 0.3) is 0 Å². The van der Waals surface area contributed by atoms with E-state index in [9.17, 15) is 9.59 Å². The number of aromatic nitrogens is 3. The van der Waals surface area contributed by atoms with Crippen LogP contribution in [-0.4, -0.2) is 50.6 Å². The molecule has 2 heterocycles. The molecule has 2 atom stereocenters. The zero-order chi connectivity index (χ0) is 16.9. The van der Waals surface area contributed by atoms with Crippen molar-refractivity contribution in [1.82, 2.24) is 19.7 Å². The molecule has 0 spiro atoms. The predicted molar refractivity (Wildman–Crippen MR) is 96.3 cm³/mol. The molecule has 1 saturated carbocycles. The Labute approximate surface area is 153 Å². The Morgan fingerprint density at radius 3 is 2.56 bits per heavy atom. The summed E-state index contributed by atoms with van der Waals surface area (Å²) in [5, 5.41) is 6.92. The van der Waals surface area contributed by atoms with Gasteiger partial charge in [-0.05, 0) is 32.1 Å². The van der Waals surface area contributed by atoms with Crippen LogP contribution in [0.1, 0.15) is 44.9 Å². The second kappa shape index (κ2) is 9.15. The van der Waals surface area contributed by atoms with Crippen LogP contribution in [0.15, 0.2) is 6.33 Å². The van der Waals surface area contributed by atoms with Crippen LogP contribution in [0, 0.1) is 5.92 Å². The Morgan fingerprint density at radius 2 is 1.92 bits per heavy atom. The second-order valence-electron chi connectivity index (χ2n) is 6.82. The van der Waals surface area contributed by atoms with Crippen molar-refractivity contribution in [1.29, 1.82) is 0 Å². The molecular weight excluding hydrogens is 344 g/mol. The van der Waals surface area contributed by atoms with Gasteiger partial charge in [0.05, 0.1) is 0 Å². The average Bonchev–Trinajstić information content (AvgIpc) is 3.08. The van der Waals surface area contributed by atoms with Gasteiger partial charge in [-0.1, -0.05) is 12.8 Å². The molecule has 3 rings (SSSR count). The molecule has 0 radical (unpaired) electrons. The van der Waals surface area contributed by atoms with Crippen molar-refractivity contribution in [2.45, 2.75) is 57.5 Å². The molecule has 1 aromatic heterocycles. The summed E-state index contributed by atoms with van der Waals surface area (Å²) in [6.45, 7) is 1.80. The van der Waals surface area contributed by atoms with E-state index < -0.39 is 0 Å². The molecular formula is C16H27ClN6O2. The molecule has 2 unspecified atom stereocenters. The topological polar surface area (TPSA) is 106 Å². The van der Waals surface area contributed by atoms with Gasteiger partial charge in [0.2, 0.25) is 17.8 Å². The molecule has 25 heavy (non-hydrogen) atoms. The largest absolute Gasteiger partial charge is 0.341 e. The van der Waals surface area contributed by atoms with Crippen LogP contribution in [0.4, 0.5) is 5.95 Å². The van der Waals surface area contributed by atoms with Gasteiger partial charge in [-0.15, -0.1) is 17.5 Å². The highest BCUT2D eigenvalue weighted by Gasteiger charge is 2.28. The standard InChI is InChI=1S/C16H26N6O2.ClH/c17-13-6-5-12(9-13)15(24)19-16-18-11-22(20-16)10-14(23)21-7-3-1-2-4-8-21;/h11-13H,1-10,17H2,(H,19,20,24);1H. The number of anilines is 1. The van der Waals surface area contributed by atoms with E-state index in [1.807, 2.05) is 4.90 Å². The van der Waals surface area contributed by atoms with Crippen LogP contribution in [0.5, 0.6) is 0 Å². The van der Waals surface area contributed by atoms with Gasteiger partial charge in [-0.25, -0.2) is 9.67 Å². The first-order valence-electron chi connectivity index (χ1n) is 8.85. The molecule has 9 heteroatoms. The summed E-state index contributed by atoms with van der Waals surface area (Å²) in [7, 11) is 0. The zero-order valence-corrected chi connectivity index (χ0v) is 15.2. The van der Waals surface area contributed by atoms with Crippen molar-refractivity contribution in [3.8, 4) is 0 Å². The van der Waals surface area contributed by atoms with Crippen molar-refractivity contribution in [3.05, 3.63) is 6.33 Å². The maximum Gasteiger partial charge on any atom is 0.248 e. The van der Waals surface area contributed by atoms with Gasteiger partial charge in [-0.3, -0.25) is 14.9 Å². The van der Waals surface area contributed by atoms with Crippen molar-refractivity contribution in [2.24, 2.45) is 11.7 Å². The number of amides is 2. The minimum atomic E-state index is -0.0838. The molecule has 1 aliphatic carbocycles. The van der Waals surface area contributed by atoms with Gasteiger partial charge in [0.15, 0.2) is 0 Å². The lowest BCUT2D eigenvalue weighted by molar-refractivity contribution is -0.132. The van der Waals surface area contributed by atoms with E-state index in [2.05, 4.69) is 15.4 Å². The fourth-order valence-corrected chi connectivity index (χ4v) is 3.45. The molecule has 1 aliphatic heterocycles. The van der Waals surface area contributed by atoms with E-state index in [1.54, 1.807) is 0 Å². The zero-order valence-electron chi connectivity index (χ0n) is 14.4. The number of carbonyl (C=O) groups excluding carboxylic acids is 2. The fourth-order valence-electron chi connectivity index (χ4n) is 3.45. The smallest absolute Gasteiger partial charge is 0.248 e. The number of nitrogens with zero attached hydrogens (tertiary/aromatic N) is 4. The SMILES string of the molecule is Cl.NC1CCC(C(=O)Nc2ncn(CC(=O)N3CCCCCC3)n2)C1. The summed E-state index contributed by atoms with van der Waals surface area (Å²) in [5.74, 6) is 0.163. The molecule has 2 aliphatic rings. The molecule has 1 saturated heterocycles. The number of carbonyl (C=O) groups is 2. The number of hydrogen-bond donors (Lipinski definition) is 2. The van der Waals surface area contributed by atoms with Gasteiger partial charge in [0.25, 0.3) is 0 Å². The maximum absolute atomic E-state index is 12.3. The number of hydrogen-bond acceptors (Lipinski definition) is 5. The monoisotopic (exact) mass is 370 g/mol. The molecule has 2 fully saturated rings. The predicted octanol–water partition coefficient (Wildman–Crippen LogP) is 1.17. The van der Waals surface area contributed by atoms with E-state index >= 15 is 0 Å². The first-order chi connectivity index (χ1) is 11.6. The lowest BCUT2D eigenvalue weighted by Gasteiger charge is -2.19. The van der Waals surface area contributed by atoms with Gasteiger partial charge in [0, 0.05) is 25.0 Å². The Hall–Kier alpha value is -1.67. The summed E-state index contributed by atoms with van der Waals surface area (Å²) in [6, 6.07) is 0.109. The quantitative estimate of drug-likeness (QED) is 0.827. The third-order valence-electron chi connectivity index (χ3n) is 4.87. The molecule has 1 aromatic rings. The van der Waals surface area contributed by atoms with E-state index in [4.69, 9.17) is 5.73 Å².